The predicted octanol–water partition coefficient (Wildman–Crippen LogP) is 1.99. The first-order valence-electron chi connectivity index (χ1n) is 3.51. The van der Waals surface area contributed by atoms with Gasteiger partial charge >= 0.3 is 0 Å². The summed E-state index contributed by atoms with van der Waals surface area (Å²) >= 11 is 0. The van der Waals surface area contributed by atoms with Crippen molar-refractivity contribution in [2.45, 2.75) is 19.9 Å². The van der Waals surface area contributed by atoms with Crippen LogP contribution in [0, 0.1) is 0 Å². The normalized spacial score (nSPS) is 23.4. The van der Waals surface area contributed by atoms with Crippen LogP contribution in [0.15, 0.2) is 36.1 Å². The Labute approximate surface area is 62.1 Å². The molecule has 0 aliphatic carbocycles. The number of hydrogen-bond donors (Lipinski definition) is 1. The molecule has 0 spiro atoms. The number of dihydropyridines is 1. The maximum atomic E-state index is 3.85. The fourth-order valence-electron chi connectivity index (χ4n) is 0.925. The first kappa shape index (κ1) is 7.13. The van der Waals surface area contributed by atoms with E-state index in [1.54, 1.807) is 0 Å². The van der Waals surface area contributed by atoms with E-state index in [0.29, 0.717) is 6.04 Å². The highest BCUT2D eigenvalue weighted by atomic mass is 14.9. The van der Waals surface area contributed by atoms with Crippen LogP contribution in [-0.2, 0) is 0 Å². The highest BCUT2D eigenvalue weighted by Crippen LogP contribution is 2.08. The lowest BCUT2D eigenvalue weighted by molar-refractivity contribution is 0.725. The minimum Gasteiger partial charge on any atom is -0.379 e. The monoisotopic (exact) mass is 135 g/mol. The van der Waals surface area contributed by atoms with Gasteiger partial charge in [-0.3, -0.25) is 0 Å². The van der Waals surface area contributed by atoms with Gasteiger partial charge < -0.3 is 5.32 Å². The third kappa shape index (κ3) is 1.50. The molecule has 1 atom stereocenters. The van der Waals surface area contributed by atoms with E-state index in [9.17, 15) is 0 Å². The van der Waals surface area contributed by atoms with Crippen molar-refractivity contribution in [2.75, 3.05) is 0 Å². The van der Waals surface area contributed by atoms with E-state index in [0.717, 1.165) is 11.3 Å². The summed E-state index contributed by atoms with van der Waals surface area (Å²) < 4.78 is 0. The summed E-state index contributed by atoms with van der Waals surface area (Å²) in [4.78, 5) is 0. The number of rotatable bonds is 1. The summed E-state index contributed by atoms with van der Waals surface area (Å²) in [6.45, 7) is 7.97. The molecule has 1 unspecified atom stereocenters. The molecule has 0 amide bonds. The molecule has 1 aliphatic heterocycles. The second-order valence-electron chi connectivity index (χ2n) is 2.68. The van der Waals surface area contributed by atoms with Crippen LogP contribution in [0.25, 0.3) is 0 Å². The van der Waals surface area contributed by atoms with Gasteiger partial charge in [-0.1, -0.05) is 18.7 Å². The zero-order chi connectivity index (χ0) is 7.56. The molecule has 0 saturated heterocycles. The zero-order valence-electron chi connectivity index (χ0n) is 6.52. The van der Waals surface area contributed by atoms with Crippen molar-refractivity contribution in [3.8, 4) is 0 Å². The smallest absolute Gasteiger partial charge is 0.0419 e. The van der Waals surface area contributed by atoms with Crippen molar-refractivity contribution in [2.24, 2.45) is 0 Å². The molecule has 10 heavy (non-hydrogen) atoms. The molecule has 0 aromatic carbocycles. The Morgan fingerprint density at radius 3 is 2.80 bits per heavy atom. The van der Waals surface area contributed by atoms with E-state index in [1.165, 1.54) is 0 Å². The molecule has 0 aromatic rings. The Bertz CT molecular complexity index is 199. The Kier molecular flexibility index (Phi) is 1.95. The number of allylic oxidation sites excluding steroid dienone is 3. The molecule has 0 aromatic heterocycles. The van der Waals surface area contributed by atoms with Gasteiger partial charge in [0.1, 0.15) is 0 Å². The SMILES string of the molecule is C=C(C)C1=CC=CC(C)N1. The topological polar surface area (TPSA) is 12.0 Å². The molecule has 1 aliphatic rings. The second kappa shape index (κ2) is 2.74. The summed E-state index contributed by atoms with van der Waals surface area (Å²) in [6.07, 6.45) is 6.22. The largest absolute Gasteiger partial charge is 0.379 e. The molecule has 1 N–H and O–H groups in total. The first-order chi connectivity index (χ1) is 4.70. The number of hydrogen-bond acceptors (Lipinski definition) is 1. The summed E-state index contributed by atoms with van der Waals surface area (Å²) in [5, 5.41) is 3.29. The van der Waals surface area contributed by atoms with E-state index < -0.39 is 0 Å². The molecule has 1 nitrogen and oxygen atoms in total. The Hall–Kier alpha value is -0.980. The summed E-state index contributed by atoms with van der Waals surface area (Å²) in [6, 6.07) is 0.441. The van der Waals surface area contributed by atoms with Gasteiger partial charge in [0.05, 0.1) is 0 Å². The molecule has 0 bridgehead atoms. The molecular formula is C9H13N. The maximum Gasteiger partial charge on any atom is 0.0419 e. The van der Waals surface area contributed by atoms with Gasteiger partial charge in [-0.05, 0) is 25.5 Å². The highest BCUT2D eigenvalue weighted by molar-refractivity contribution is 5.32. The fraction of sp³-hybridized carbons (Fsp3) is 0.333. The molecule has 54 valence electrons. The standard InChI is InChI=1S/C9H13N/c1-7(2)9-6-4-5-8(3)10-9/h4-6,8,10H,1H2,2-3H3. The van der Waals surface area contributed by atoms with Crippen molar-refractivity contribution in [1.29, 1.82) is 0 Å². The van der Waals surface area contributed by atoms with Crippen LogP contribution in [-0.4, -0.2) is 6.04 Å². The number of nitrogens with one attached hydrogen (secondary N) is 1. The van der Waals surface area contributed by atoms with Crippen molar-refractivity contribution in [1.82, 2.24) is 5.32 Å². The fourth-order valence-corrected chi connectivity index (χ4v) is 0.925. The lowest BCUT2D eigenvalue weighted by atomic mass is 10.1. The average Bonchev–Trinajstić information content (AvgIpc) is 1.88. The van der Waals surface area contributed by atoms with Gasteiger partial charge in [-0.2, -0.15) is 0 Å². The zero-order valence-corrected chi connectivity index (χ0v) is 6.52. The van der Waals surface area contributed by atoms with Crippen molar-refractivity contribution < 1.29 is 0 Å². The minimum atomic E-state index is 0.441. The lowest BCUT2D eigenvalue weighted by Gasteiger charge is -2.17. The van der Waals surface area contributed by atoms with Crippen molar-refractivity contribution in [3.05, 3.63) is 36.1 Å². The van der Waals surface area contributed by atoms with Crippen LogP contribution in [0.5, 0.6) is 0 Å². The first-order valence-corrected chi connectivity index (χ1v) is 3.51. The van der Waals surface area contributed by atoms with E-state index in [4.69, 9.17) is 0 Å². The molecule has 1 heteroatoms. The van der Waals surface area contributed by atoms with E-state index in [-0.39, 0.29) is 0 Å². The highest BCUT2D eigenvalue weighted by Gasteiger charge is 2.03. The predicted molar refractivity (Wildman–Crippen MR) is 44.6 cm³/mol. The molecule has 0 radical (unpaired) electrons. The molecule has 0 fully saturated rings. The van der Waals surface area contributed by atoms with Crippen molar-refractivity contribution in [3.63, 3.8) is 0 Å². The molecule has 1 rings (SSSR count). The van der Waals surface area contributed by atoms with Gasteiger partial charge in [0.25, 0.3) is 0 Å². The van der Waals surface area contributed by atoms with Gasteiger partial charge in [0.15, 0.2) is 0 Å². The van der Waals surface area contributed by atoms with Gasteiger partial charge in [0, 0.05) is 11.7 Å². The van der Waals surface area contributed by atoms with Gasteiger partial charge in [-0.15, -0.1) is 0 Å². The van der Waals surface area contributed by atoms with Crippen LogP contribution < -0.4 is 5.32 Å². The second-order valence-corrected chi connectivity index (χ2v) is 2.68. The van der Waals surface area contributed by atoms with E-state index in [2.05, 4.69) is 31.0 Å². The van der Waals surface area contributed by atoms with Gasteiger partial charge in [0.2, 0.25) is 0 Å². The maximum absolute atomic E-state index is 3.85. The Morgan fingerprint density at radius 2 is 2.40 bits per heavy atom. The Balaban J connectivity index is 2.71. The summed E-state index contributed by atoms with van der Waals surface area (Å²) in [5.74, 6) is 0. The minimum absolute atomic E-state index is 0.441. The van der Waals surface area contributed by atoms with Crippen LogP contribution in [0.3, 0.4) is 0 Å². The molecular weight excluding hydrogens is 122 g/mol. The Morgan fingerprint density at radius 1 is 1.70 bits per heavy atom. The lowest BCUT2D eigenvalue weighted by Crippen LogP contribution is -2.25. The summed E-state index contributed by atoms with van der Waals surface area (Å²) in [7, 11) is 0. The third-order valence-corrected chi connectivity index (χ3v) is 1.51. The van der Waals surface area contributed by atoms with Gasteiger partial charge in [-0.25, -0.2) is 0 Å². The average molecular weight is 135 g/mol. The van der Waals surface area contributed by atoms with Crippen LogP contribution in [0.2, 0.25) is 0 Å². The quantitative estimate of drug-likeness (QED) is 0.579. The van der Waals surface area contributed by atoms with Crippen LogP contribution in [0.4, 0.5) is 0 Å². The third-order valence-electron chi connectivity index (χ3n) is 1.51. The van der Waals surface area contributed by atoms with E-state index in [1.807, 2.05) is 13.0 Å². The molecule has 0 saturated carbocycles. The van der Waals surface area contributed by atoms with Crippen LogP contribution in [0.1, 0.15) is 13.8 Å². The van der Waals surface area contributed by atoms with E-state index >= 15 is 0 Å². The summed E-state index contributed by atoms with van der Waals surface area (Å²) in [5.41, 5.74) is 2.24. The molecule has 1 heterocycles. The van der Waals surface area contributed by atoms with Crippen LogP contribution >= 0.6 is 0 Å². The van der Waals surface area contributed by atoms with Crippen molar-refractivity contribution >= 4 is 0 Å².